The van der Waals surface area contributed by atoms with E-state index in [-0.39, 0.29) is 17.4 Å². The lowest BCUT2D eigenvalue weighted by Crippen LogP contribution is -2.38. The SMILES string of the molecule is Cc1c(CCN(C)CC2=Nc3ccccc3NC2C)nc(C(C)C)nc1Nc1ccc(C(C)(C)C)cc1. The highest BCUT2D eigenvalue weighted by Gasteiger charge is 2.20. The standard InChI is InChI=1S/C31H42N6/c1-20(2)29-35-25(21(3)30(36-29)33-24-15-13-23(14-16-24)31(5,6)7)17-18-37(8)19-28-22(4)32-26-11-9-10-12-27(26)34-28/h9-16,20,22,32H,17-19H2,1-8H3,(H,33,35,36). The van der Waals surface area contributed by atoms with Crippen molar-refractivity contribution in [3.8, 4) is 0 Å². The first kappa shape index (κ1) is 26.8. The molecule has 1 aliphatic rings. The maximum absolute atomic E-state index is 4.96. The Morgan fingerprint density at radius 1 is 1.03 bits per heavy atom. The molecule has 196 valence electrons. The minimum Gasteiger partial charge on any atom is -0.375 e. The second kappa shape index (κ2) is 11.0. The number of hydrogen-bond acceptors (Lipinski definition) is 6. The van der Waals surface area contributed by atoms with Crippen LogP contribution in [0.2, 0.25) is 0 Å². The number of fused-ring (bicyclic) bond motifs is 1. The minimum atomic E-state index is 0.133. The second-order valence-corrected chi connectivity index (χ2v) is 11.6. The van der Waals surface area contributed by atoms with Gasteiger partial charge in [0.05, 0.1) is 28.8 Å². The lowest BCUT2D eigenvalue weighted by atomic mass is 9.87. The molecule has 1 unspecified atom stereocenters. The van der Waals surface area contributed by atoms with Crippen LogP contribution in [-0.2, 0) is 11.8 Å². The predicted molar refractivity (Wildman–Crippen MR) is 157 cm³/mol. The summed E-state index contributed by atoms with van der Waals surface area (Å²) in [6.45, 7) is 17.0. The Labute approximate surface area is 222 Å². The lowest BCUT2D eigenvalue weighted by molar-refractivity contribution is 0.381. The molecule has 37 heavy (non-hydrogen) atoms. The Balaban J connectivity index is 1.48. The van der Waals surface area contributed by atoms with Crippen molar-refractivity contribution in [1.82, 2.24) is 14.9 Å². The number of rotatable bonds is 8. The Kier molecular flexibility index (Phi) is 7.98. The molecule has 1 atom stereocenters. The lowest BCUT2D eigenvalue weighted by Gasteiger charge is -2.27. The predicted octanol–water partition coefficient (Wildman–Crippen LogP) is 7.01. The van der Waals surface area contributed by atoms with Gasteiger partial charge in [0, 0.05) is 36.7 Å². The van der Waals surface area contributed by atoms with Gasteiger partial charge in [0.25, 0.3) is 0 Å². The third kappa shape index (κ3) is 6.55. The molecule has 0 bridgehead atoms. The van der Waals surface area contributed by atoms with Crippen molar-refractivity contribution >= 4 is 28.6 Å². The van der Waals surface area contributed by atoms with Crippen molar-refractivity contribution in [1.29, 1.82) is 0 Å². The van der Waals surface area contributed by atoms with E-state index in [1.54, 1.807) is 0 Å². The first-order chi connectivity index (χ1) is 17.5. The van der Waals surface area contributed by atoms with Gasteiger partial charge in [-0.2, -0.15) is 0 Å². The zero-order valence-corrected chi connectivity index (χ0v) is 23.7. The van der Waals surface area contributed by atoms with Gasteiger partial charge in [-0.3, -0.25) is 4.99 Å². The number of nitrogens with zero attached hydrogens (tertiary/aromatic N) is 4. The van der Waals surface area contributed by atoms with Crippen LogP contribution >= 0.6 is 0 Å². The fourth-order valence-electron chi connectivity index (χ4n) is 4.48. The average Bonchev–Trinajstić information content (AvgIpc) is 2.84. The van der Waals surface area contributed by atoms with Gasteiger partial charge in [-0.05, 0) is 56.1 Å². The molecule has 2 N–H and O–H groups in total. The van der Waals surface area contributed by atoms with Crippen molar-refractivity contribution in [2.75, 3.05) is 30.8 Å². The molecule has 0 amide bonds. The van der Waals surface area contributed by atoms with E-state index in [9.17, 15) is 0 Å². The molecule has 6 nitrogen and oxygen atoms in total. The van der Waals surface area contributed by atoms with Crippen LogP contribution in [0, 0.1) is 6.92 Å². The minimum absolute atomic E-state index is 0.133. The first-order valence-electron chi connectivity index (χ1n) is 13.4. The summed E-state index contributed by atoms with van der Waals surface area (Å²) in [6, 6.07) is 17.1. The zero-order chi connectivity index (χ0) is 26.7. The van der Waals surface area contributed by atoms with Gasteiger partial charge < -0.3 is 15.5 Å². The van der Waals surface area contributed by atoms with Crippen molar-refractivity contribution in [3.05, 3.63) is 71.2 Å². The van der Waals surface area contributed by atoms with Gasteiger partial charge in [0.15, 0.2) is 0 Å². The smallest absolute Gasteiger partial charge is 0.137 e. The quantitative estimate of drug-likeness (QED) is 0.350. The van der Waals surface area contributed by atoms with Crippen LogP contribution in [0.15, 0.2) is 53.5 Å². The Morgan fingerprint density at radius 3 is 2.41 bits per heavy atom. The highest BCUT2D eigenvalue weighted by molar-refractivity contribution is 5.99. The van der Waals surface area contributed by atoms with Crippen molar-refractivity contribution in [3.63, 3.8) is 0 Å². The van der Waals surface area contributed by atoms with E-state index in [1.165, 1.54) is 5.56 Å². The van der Waals surface area contributed by atoms with E-state index in [2.05, 4.69) is 107 Å². The monoisotopic (exact) mass is 498 g/mol. The van der Waals surface area contributed by atoms with E-state index >= 15 is 0 Å². The number of anilines is 3. The summed E-state index contributed by atoms with van der Waals surface area (Å²) >= 11 is 0. The van der Waals surface area contributed by atoms with E-state index in [4.69, 9.17) is 15.0 Å². The molecule has 1 aromatic heterocycles. The van der Waals surface area contributed by atoms with E-state index in [0.29, 0.717) is 0 Å². The molecular formula is C31H42N6. The molecular weight excluding hydrogens is 456 g/mol. The molecule has 0 aliphatic carbocycles. The molecule has 0 fully saturated rings. The van der Waals surface area contributed by atoms with E-state index < -0.39 is 0 Å². The topological polar surface area (TPSA) is 65.4 Å². The fourth-order valence-corrected chi connectivity index (χ4v) is 4.48. The molecule has 6 heteroatoms. The summed E-state index contributed by atoms with van der Waals surface area (Å²) in [5.74, 6) is 2.03. The van der Waals surface area contributed by atoms with Crippen LogP contribution in [0.4, 0.5) is 22.9 Å². The number of nitrogens with one attached hydrogen (secondary N) is 2. The Morgan fingerprint density at radius 2 is 1.73 bits per heavy atom. The Hall–Kier alpha value is -3.25. The van der Waals surface area contributed by atoms with E-state index in [0.717, 1.165) is 65.2 Å². The fraction of sp³-hybridized carbons (Fsp3) is 0.452. The van der Waals surface area contributed by atoms with Crippen LogP contribution in [0.25, 0.3) is 0 Å². The Bertz CT molecular complexity index is 1250. The molecule has 0 saturated heterocycles. The number of aliphatic imine (C=N–C) groups is 1. The third-order valence-electron chi connectivity index (χ3n) is 7.00. The largest absolute Gasteiger partial charge is 0.375 e. The van der Waals surface area contributed by atoms with Crippen LogP contribution in [0.3, 0.4) is 0 Å². The van der Waals surface area contributed by atoms with Gasteiger partial charge in [-0.25, -0.2) is 9.97 Å². The highest BCUT2D eigenvalue weighted by Crippen LogP contribution is 2.30. The summed E-state index contributed by atoms with van der Waals surface area (Å²) in [4.78, 5) is 17.1. The van der Waals surface area contributed by atoms with Crippen molar-refractivity contribution < 1.29 is 0 Å². The molecule has 0 saturated carbocycles. The van der Waals surface area contributed by atoms with Gasteiger partial charge in [0.2, 0.25) is 0 Å². The zero-order valence-electron chi connectivity index (χ0n) is 23.7. The third-order valence-corrected chi connectivity index (χ3v) is 7.00. The summed E-state index contributed by atoms with van der Waals surface area (Å²) in [6.07, 6.45) is 0.855. The normalized spacial score (nSPS) is 15.4. The van der Waals surface area contributed by atoms with Crippen LogP contribution < -0.4 is 10.6 Å². The number of aromatic nitrogens is 2. The van der Waals surface area contributed by atoms with Crippen LogP contribution in [0.1, 0.15) is 70.1 Å². The first-order valence-corrected chi connectivity index (χ1v) is 13.4. The molecule has 2 heterocycles. The van der Waals surface area contributed by atoms with Crippen LogP contribution in [-0.4, -0.2) is 46.8 Å². The summed E-state index contributed by atoms with van der Waals surface area (Å²) in [5, 5.41) is 7.14. The molecule has 3 aromatic rings. The maximum atomic E-state index is 4.96. The number of likely N-dealkylation sites (N-methyl/N-ethyl adjacent to an activating group) is 1. The number of para-hydroxylation sites is 2. The molecule has 0 radical (unpaired) electrons. The molecule has 0 spiro atoms. The van der Waals surface area contributed by atoms with Crippen LogP contribution in [0.5, 0.6) is 0 Å². The maximum Gasteiger partial charge on any atom is 0.137 e. The van der Waals surface area contributed by atoms with Gasteiger partial charge >= 0.3 is 0 Å². The van der Waals surface area contributed by atoms with Gasteiger partial charge in [-0.15, -0.1) is 0 Å². The highest BCUT2D eigenvalue weighted by atomic mass is 15.1. The molecule has 2 aromatic carbocycles. The summed E-state index contributed by atoms with van der Waals surface area (Å²) in [7, 11) is 2.16. The average molecular weight is 499 g/mol. The number of hydrogen-bond donors (Lipinski definition) is 2. The van der Waals surface area contributed by atoms with Gasteiger partial charge in [0.1, 0.15) is 11.6 Å². The molecule has 4 rings (SSSR count). The number of benzene rings is 2. The van der Waals surface area contributed by atoms with Crippen molar-refractivity contribution in [2.24, 2.45) is 4.99 Å². The molecule has 1 aliphatic heterocycles. The van der Waals surface area contributed by atoms with Gasteiger partial charge in [-0.1, -0.05) is 58.9 Å². The van der Waals surface area contributed by atoms with Crippen molar-refractivity contribution in [2.45, 2.75) is 72.3 Å². The summed E-state index contributed by atoms with van der Waals surface area (Å²) in [5.41, 5.74) is 7.98. The summed E-state index contributed by atoms with van der Waals surface area (Å²) < 4.78 is 0. The second-order valence-electron chi connectivity index (χ2n) is 11.6. The van der Waals surface area contributed by atoms with E-state index in [1.807, 2.05) is 12.1 Å².